The molecule has 9 nitrogen and oxygen atoms in total. The van der Waals surface area contributed by atoms with Gasteiger partial charge in [0.15, 0.2) is 11.5 Å². The van der Waals surface area contributed by atoms with Gasteiger partial charge in [0.25, 0.3) is 0 Å². The summed E-state index contributed by atoms with van der Waals surface area (Å²) in [5.41, 5.74) is 2.41. The molecule has 3 aromatic rings. The van der Waals surface area contributed by atoms with E-state index in [1.165, 1.54) is 0 Å². The van der Waals surface area contributed by atoms with Crippen LogP contribution < -0.4 is 34.5 Å². The van der Waals surface area contributed by atoms with Crippen LogP contribution in [0, 0.1) is 0 Å². The van der Waals surface area contributed by atoms with Crippen molar-refractivity contribution in [2.75, 3.05) is 38.0 Å². The molecule has 3 aliphatic rings. The average molecular weight is 502 g/mol. The molecular weight excluding hydrogens is 474 g/mol. The summed E-state index contributed by atoms with van der Waals surface area (Å²) in [5.74, 6) is 2.51. The van der Waals surface area contributed by atoms with Gasteiger partial charge in [-0.25, -0.2) is 4.79 Å². The number of nitrogens with zero attached hydrogens (tertiary/aromatic N) is 1. The molecule has 0 saturated carbocycles. The minimum Gasteiger partial charge on any atom is -0.494 e. The van der Waals surface area contributed by atoms with Crippen LogP contribution in [0.3, 0.4) is 0 Å². The molecule has 2 N–H and O–H groups in total. The van der Waals surface area contributed by atoms with Crippen LogP contribution in [0.1, 0.15) is 23.6 Å². The summed E-state index contributed by atoms with van der Waals surface area (Å²) in [6.45, 7) is 3.75. The maximum absolute atomic E-state index is 14.0. The summed E-state index contributed by atoms with van der Waals surface area (Å²) in [7, 11) is 0. The number of benzene rings is 3. The Morgan fingerprint density at radius 1 is 0.973 bits per heavy atom. The lowest BCUT2D eigenvalue weighted by Gasteiger charge is -2.23. The smallest absolute Gasteiger partial charge is 0.315 e. The third kappa shape index (κ3) is 3.78. The van der Waals surface area contributed by atoms with Crippen molar-refractivity contribution in [1.82, 2.24) is 10.6 Å². The number of ether oxygens (including phenoxy) is 4. The first-order chi connectivity index (χ1) is 18.1. The van der Waals surface area contributed by atoms with Crippen LogP contribution in [0.15, 0.2) is 60.7 Å². The van der Waals surface area contributed by atoms with E-state index in [4.69, 9.17) is 18.9 Å². The summed E-state index contributed by atoms with van der Waals surface area (Å²) >= 11 is 0. The maximum Gasteiger partial charge on any atom is 0.315 e. The van der Waals surface area contributed by atoms with E-state index in [-0.39, 0.29) is 31.9 Å². The highest BCUT2D eigenvalue weighted by atomic mass is 16.7. The maximum atomic E-state index is 14.0. The molecule has 3 aromatic carbocycles. The number of hydrogen-bond donors (Lipinski definition) is 2. The van der Waals surface area contributed by atoms with E-state index < -0.39 is 5.41 Å². The second-order valence-electron chi connectivity index (χ2n) is 9.02. The average Bonchev–Trinajstić information content (AvgIpc) is 3.59. The highest BCUT2D eigenvalue weighted by molar-refractivity contribution is 6.11. The summed E-state index contributed by atoms with van der Waals surface area (Å²) in [6.07, 6.45) is 0. The van der Waals surface area contributed by atoms with Gasteiger partial charge in [-0.3, -0.25) is 4.79 Å². The summed E-state index contributed by atoms with van der Waals surface area (Å²) in [5, 5.41) is 5.72. The molecule has 0 saturated heterocycles. The Hall–Kier alpha value is -4.40. The largest absolute Gasteiger partial charge is 0.494 e. The van der Waals surface area contributed by atoms with Gasteiger partial charge in [0, 0.05) is 42.5 Å². The Labute approximate surface area is 214 Å². The standard InChI is InChI=1S/C28H27N3O6/c1-2-34-22-10-6-3-7-18(22)15-30-27(33)29-11-12-31-21-9-5-4-8-19(21)28(26(31)32)16-35-23-14-25-24(13-20(23)28)36-17-37-25/h3-10,13-14H,2,11-12,15-17H2,1H3,(H2,29,30,33). The lowest BCUT2D eigenvalue weighted by Crippen LogP contribution is -2.46. The first kappa shape index (κ1) is 23.0. The molecule has 9 heteroatoms. The third-order valence-electron chi connectivity index (χ3n) is 6.98. The molecule has 0 fully saturated rings. The van der Waals surface area contributed by atoms with Gasteiger partial charge in [0.1, 0.15) is 23.5 Å². The minimum atomic E-state index is -0.960. The fraction of sp³-hybridized carbons (Fsp3) is 0.286. The van der Waals surface area contributed by atoms with E-state index in [2.05, 4.69) is 10.6 Å². The molecule has 0 aliphatic carbocycles. The molecule has 3 aliphatic heterocycles. The van der Waals surface area contributed by atoms with Gasteiger partial charge < -0.3 is 34.5 Å². The number of nitrogens with one attached hydrogen (secondary N) is 2. The third-order valence-corrected chi connectivity index (χ3v) is 6.98. The van der Waals surface area contributed by atoms with Crippen molar-refractivity contribution in [3.8, 4) is 23.0 Å². The number of carbonyl (C=O) groups is 2. The van der Waals surface area contributed by atoms with Gasteiger partial charge in [0.2, 0.25) is 12.7 Å². The van der Waals surface area contributed by atoms with Crippen LogP contribution >= 0.6 is 0 Å². The highest BCUT2D eigenvalue weighted by Gasteiger charge is 2.57. The number of carbonyl (C=O) groups excluding carboxylic acids is 2. The van der Waals surface area contributed by atoms with Gasteiger partial charge in [-0.2, -0.15) is 0 Å². The molecular formula is C28H27N3O6. The van der Waals surface area contributed by atoms with Crippen LogP contribution in [-0.4, -0.2) is 45.0 Å². The van der Waals surface area contributed by atoms with Gasteiger partial charge in [0.05, 0.1) is 6.61 Å². The van der Waals surface area contributed by atoms with Crippen molar-refractivity contribution in [3.63, 3.8) is 0 Å². The van der Waals surface area contributed by atoms with Crippen molar-refractivity contribution in [1.29, 1.82) is 0 Å². The van der Waals surface area contributed by atoms with Crippen LogP contribution in [0.4, 0.5) is 10.5 Å². The van der Waals surface area contributed by atoms with Gasteiger partial charge in [-0.1, -0.05) is 36.4 Å². The second-order valence-corrected chi connectivity index (χ2v) is 9.02. The van der Waals surface area contributed by atoms with E-state index in [0.29, 0.717) is 36.9 Å². The predicted octanol–water partition coefficient (Wildman–Crippen LogP) is 3.34. The van der Waals surface area contributed by atoms with E-state index in [9.17, 15) is 9.59 Å². The number of fused-ring (bicyclic) bond motifs is 5. The lowest BCUT2D eigenvalue weighted by atomic mass is 9.77. The molecule has 1 spiro atoms. The molecule has 1 atom stereocenters. The van der Waals surface area contributed by atoms with Crippen molar-refractivity contribution in [3.05, 3.63) is 77.4 Å². The number of urea groups is 1. The van der Waals surface area contributed by atoms with Crippen LogP contribution in [0.5, 0.6) is 23.0 Å². The van der Waals surface area contributed by atoms with Crippen molar-refractivity contribution in [2.45, 2.75) is 18.9 Å². The first-order valence-corrected chi connectivity index (χ1v) is 12.3. The Morgan fingerprint density at radius 2 is 1.76 bits per heavy atom. The molecule has 1 unspecified atom stereocenters. The number of amides is 3. The van der Waals surface area contributed by atoms with E-state index >= 15 is 0 Å². The van der Waals surface area contributed by atoms with E-state index in [1.807, 2.05) is 61.5 Å². The molecule has 190 valence electrons. The summed E-state index contributed by atoms with van der Waals surface area (Å²) in [6, 6.07) is 18.7. The highest BCUT2D eigenvalue weighted by Crippen LogP contribution is 2.54. The molecule has 3 heterocycles. The van der Waals surface area contributed by atoms with Crippen LogP contribution in [0.2, 0.25) is 0 Å². The normalized spacial score (nSPS) is 18.4. The zero-order chi connectivity index (χ0) is 25.4. The quantitative estimate of drug-likeness (QED) is 0.515. The van der Waals surface area contributed by atoms with E-state index in [1.54, 1.807) is 11.0 Å². The fourth-order valence-electron chi connectivity index (χ4n) is 5.25. The van der Waals surface area contributed by atoms with Crippen molar-refractivity contribution in [2.24, 2.45) is 0 Å². The van der Waals surface area contributed by atoms with Crippen LogP contribution in [0.25, 0.3) is 0 Å². The number of anilines is 1. The number of para-hydroxylation sites is 2. The Balaban J connectivity index is 1.15. The number of hydrogen-bond acceptors (Lipinski definition) is 6. The first-order valence-electron chi connectivity index (χ1n) is 12.3. The molecule has 0 aromatic heterocycles. The fourth-order valence-corrected chi connectivity index (χ4v) is 5.25. The zero-order valence-electron chi connectivity index (χ0n) is 20.4. The Bertz CT molecular complexity index is 1380. The van der Waals surface area contributed by atoms with Gasteiger partial charge in [-0.15, -0.1) is 0 Å². The van der Waals surface area contributed by atoms with Gasteiger partial charge in [-0.05, 0) is 30.7 Å². The van der Waals surface area contributed by atoms with Crippen molar-refractivity contribution < 1.29 is 28.5 Å². The van der Waals surface area contributed by atoms with E-state index in [0.717, 1.165) is 28.1 Å². The molecule has 37 heavy (non-hydrogen) atoms. The van der Waals surface area contributed by atoms with Crippen LogP contribution in [-0.2, 0) is 16.8 Å². The Kier molecular flexibility index (Phi) is 5.75. The zero-order valence-corrected chi connectivity index (χ0v) is 20.4. The van der Waals surface area contributed by atoms with Crippen molar-refractivity contribution >= 4 is 17.6 Å². The summed E-state index contributed by atoms with van der Waals surface area (Å²) in [4.78, 5) is 28.2. The topological polar surface area (TPSA) is 98.4 Å². The van der Waals surface area contributed by atoms with Gasteiger partial charge >= 0.3 is 6.03 Å². The SMILES string of the molecule is CCOc1ccccc1CNC(=O)NCCN1C(=O)C2(COc3cc4c(cc32)OCO4)c2ccccc21. The lowest BCUT2D eigenvalue weighted by molar-refractivity contribution is -0.122. The minimum absolute atomic E-state index is 0.0841. The molecule has 0 bridgehead atoms. The second kappa shape index (κ2) is 9.24. The number of rotatable bonds is 7. The Morgan fingerprint density at radius 3 is 2.62 bits per heavy atom. The summed E-state index contributed by atoms with van der Waals surface area (Å²) < 4.78 is 22.7. The molecule has 6 rings (SSSR count). The molecule has 0 radical (unpaired) electrons. The monoisotopic (exact) mass is 501 g/mol. The predicted molar refractivity (Wildman–Crippen MR) is 135 cm³/mol. The molecule has 3 amide bonds.